The van der Waals surface area contributed by atoms with Gasteiger partial charge in [0.1, 0.15) is 16.3 Å². The standard InChI is InChI=1S/C15H13N3O6S/c1-3-18(15(21)22)8-7-10(14(20)23-2)25-11(8)12(17-18)16-13(19)9-5-4-6-24-9/h4-7H,3H2,1-2H3,(H-,16,17,19,21,22)/p+1. The molecule has 2 aromatic rings. The quantitative estimate of drug-likeness (QED) is 0.637. The normalized spacial score (nSPS) is 18.4. The summed E-state index contributed by atoms with van der Waals surface area (Å²) in [6.45, 7) is 1.74. The average molecular weight is 364 g/mol. The van der Waals surface area contributed by atoms with E-state index in [1.165, 1.54) is 25.5 Å². The van der Waals surface area contributed by atoms with Crippen LogP contribution in [0.2, 0.25) is 0 Å². The van der Waals surface area contributed by atoms with Crippen molar-refractivity contribution >= 4 is 40.8 Å². The van der Waals surface area contributed by atoms with Gasteiger partial charge in [-0.1, -0.05) is 4.59 Å². The maximum absolute atomic E-state index is 12.2. The number of nitrogens with one attached hydrogen (secondary N) is 1. The van der Waals surface area contributed by atoms with Crippen molar-refractivity contribution in [2.75, 3.05) is 13.7 Å². The molecular weight excluding hydrogens is 350 g/mol. The Kier molecular flexibility index (Phi) is 4.15. The summed E-state index contributed by atoms with van der Waals surface area (Å²) in [7, 11) is 1.24. The number of hydrogen-bond donors (Lipinski definition) is 2. The first-order valence-corrected chi connectivity index (χ1v) is 8.04. The number of ether oxygens (including phenoxy) is 1. The van der Waals surface area contributed by atoms with Gasteiger partial charge >= 0.3 is 12.1 Å². The molecule has 2 N–H and O–H groups in total. The van der Waals surface area contributed by atoms with Crippen LogP contribution in [0.5, 0.6) is 0 Å². The van der Waals surface area contributed by atoms with Crippen LogP contribution in [0.1, 0.15) is 32.0 Å². The second-order valence-electron chi connectivity index (χ2n) is 5.06. The van der Waals surface area contributed by atoms with Crippen LogP contribution in [0.15, 0.2) is 34.0 Å². The van der Waals surface area contributed by atoms with Crippen LogP contribution in [0.3, 0.4) is 0 Å². The molecule has 0 aromatic carbocycles. The van der Waals surface area contributed by atoms with Crippen LogP contribution in [-0.4, -0.2) is 42.6 Å². The van der Waals surface area contributed by atoms with Crippen LogP contribution >= 0.6 is 11.3 Å². The number of rotatable bonds is 3. The fourth-order valence-corrected chi connectivity index (χ4v) is 3.54. The molecule has 1 unspecified atom stereocenters. The van der Waals surface area contributed by atoms with Gasteiger partial charge in [0.05, 0.1) is 13.4 Å². The number of amides is 2. The predicted octanol–water partition coefficient (Wildman–Crippen LogP) is 2.24. The van der Waals surface area contributed by atoms with Crippen molar-refractivity contribution in [2.45, 2.75) is 6.92 Å². The Labute approximate surface area is 145 Å². The Balaban J connectivity index is 2.06. The number of carboxylic acid groups (broad SMARTS) is 1. The zero-order valence-corrected chi connectivity index (χ0v) is 14.1. The molecule has 130 valence electrons. The lowest BCUT2D eigenvalue weighted by Gasteiger charge is -2.19. The molecule has 1 atom stereocenters. The van der Waals surface area contributed by atoms with Crippen molar-refractivity contribution in [1.29, 1.82) is 0 Å². The van der Waals surface area contributed by atoms with Crippen LogP contribution < -0.4 is 9.91 Å². The van der Waals surface area contributed by atoms with Crippen molar-refractivity contribution in [3.63, 3.8) is 0 Å². The van der Waals surface area contributed by atoms with E-state index in [9.17, 15) is 19.5 Å². The monoisotopic (exact) mass is 364 g/mol. The van der Waals surface area contributed by atoms with E-state index < -0.39 is 22.6 Å². The first kappa shape index (κ1) is 16.9. The van der Waals surface area contributed by atoms with Crippen molar-refractivity contribution in [2.24, 2.45) is 5.10 Å². The van der Waals surface area contributed by atoms with Crippen molar-refractivity contribution < 1.29 is 28.6 Å². The van der Waals surface area contributed by atoms with Crippen molar-refractivity contribution in [3.8, 4) is 0 Å². The number of quaternary nitrogens is 1. The maximum Gasteiger partial charge on any atom is 0.546 e. The lowest BCUT2D eigenvalue weighted by atomic mass is 10.3. The van der Waals surface area contributed by atoms with Gasteiger partial charge in [-0.2, -0.15) is 4.79 Å². The van der Waals surface area contributed by atoms with Gasteiger partial charge in [0.2, 0.25) is 5.84 Å². The summed E-state index contributed by atoms with van der Waals surface area (Å²) in [5.41, 5.74) is 0.301. The van der Waals surface area contributed by atoms with E-state index in [4.69, 9.17) is 4.42 Å². The molecule has 0 fully saturated rings. The third kappa shape index (κ3) is 2.61. The molecule has 2 aromatic heterocycles. The minimum atomic E-state index is -1.22. The highest BCUT2D eigenvalue weighted by Gasteiger charge is 2.50. The molecule has 0 bridgehead atoms. The number of amidine groups is 1. The Morgan fingerprint density at radius 1 is 1.44 bits per heavy atom. The summed E-state index contributed by atoms with van der Waals surface area (Å²) in [4.78, 5) is 36.5. The summed E-state index contributed by atoms with van der Waals surface area (Å²) in [6.07, 6.45) is 0.126. The summed E-state index contributed by atoms with van der Waals surface area (Å²) in [5.74, 6) is -1.02. The molecule has 3 heterocycles. The lowest BCUT2D eigenvalue weighted by Crippen LogP contribution is -2.47. The van der Waals surface area contributed by atoms with E-state index in [-0.39, 0.29) is 23.0 Å². The SMILES string of the molecule is CC[N+]1(C(=O)O)N=C(NC(=O)c2ccco2)c2sc(C(=O)OC)cc21. The third-order valence-electron chi connectivity index (χ3n) is 3.73. The second-order valence-corrected chi connectivity index (χ2v) is 6.12. The topological polar surface area (TPSA) is 118 Å². The average Bonchev–Trinajstić information content (AvgIpc) is 3.31. The molecule has 0 aliphatic carbocycles. The molecule has 0 spiro atoms. The molecule has 2 amide bonds. The highest BCUT2D eigenvalue weighted by Crippen LogP contribution is 2.41. The van der Waals surface area contributed by atoms with E-state index in [0.29, 0.717) is 10.6 Å². The van der Waals surface area contributed by atoms with Crippen LogP contribution in [0.4, 0.5) is 10.5 Å². The van der Waals surface area contributed by atoms with Gasteiger partial charge in [-0.15, -0.1) is 11.3 Å². The smallest absolute Gasteiger partial charge is 0.465 e. The van der Waals surface area contributed by atoms with E-state index >= 15 is 0 Å². The van der Waals surface area contributed by atoms with Crippen LogP contribution in [0, 0.1) is 0 Å². The van der Waals surface area contributed by atoms with E-state index in [0.717, 1.165) is 11.3 Å². The minimum Gasteiger partial charge on any atom is -0.465 e. The molecule has 1 aliphatic heterocycles. The van der Waals surface area contributed by atoms with Crippen molar-refractivity contribution in [3.05, 3.63) is 40.0 Å². The second kappa shape index (κ2) is 6.15. The molecule has 1 aliphatic rings. The summed E-state index contributed by atoms with van der Waals surface area (Å²) in [6, 6.07) is 4.46. The zero-order valence-electron chi connectivity index (χ0n) is 13.3. The zero-order chi connectivity index (χ0) is 18.2. The summed E-state index contributed by atoms with van der Waals surface area (Å²) >= 11 is 1.01. The number of methoxy groups -OCH3 is 1. The number of carbonyl (C=O) groups excluding carboxylic acids is 2. The maximum atomic E-state index is 12.2. The fraction of sp³-hybridized carbons (Fsp3) is 0.200. The number of nitrogens with zero attached hydrogens (tertiary/aromatic N) is 2. The first-order valence-electron chi connectivity index (χ1n) is 7.22. The predicted molar refractivity (Wildman–Crippen MR) is 88.7 cm³/mol. The Morgan fingerprint density at radius 2 is 2.20 bits per heavy atom. The number of fused-ring (bicyclic) bond motifs is 1. The van der Waals surface area contributed by atoms with Gasteiger partial charge in [-0.25, -0.2) is 4.79 Å². The molecule has 0 saturated heterocycles. The Bertz CT molecular complexity index is 885. The van der Waals surface area contributed by atoms with Crippen LogP contribution in [0.25, 0.3) is 0 Å². The molecule has 3 rings (SSSR count). The highest BCUT2D eigenvalue weighted by atomic mass is 32.1. The number of carbonyl (C=O) groups is 3. The molecule has 10 heteroatoms. The fourth-order valence-electron chi connectivity index (χ4n) is 2.48. The molecule has 0 radical (unpaired) electrons. The Morgan fingerprint density at radius 3 is 2.76 bits per heavy atom. The van der Waals surface area contributed by atoms with Gasteiger partial charge in [0.25, 0.3) is 5.91 Å². The lowest BCUT2D eigenvalue weighted by molar-refractivity contribution is 0.0605. The number of hydrogen-bond acceptors (Lipinski definition) is 7. The number of thiophene rings is 1. The van der Waals surface area contributed by atoms with Crippen molar-refractivity contribution in [1.82, 2.24) is 9.91 Å². The third-order valence-corrected chi connectivity index (χ3v) is 4.85. The molecular formula is C15H14N3O6S+. The number of esters is 1. The van der Waals surface area contributed by atoms with E-state index in [1.54, 1.807) is 13.0 Å². The minimum absolute atomic E-state index is 0.0609. The molecule has 9 nitrogen and oxygen atoms in total. The highest BCUT2D eigenvalue weighted by molar-refractivity contribution is 7.16. The van der Waals surface area contributed by atoms with Gasteiger partial charge in [0.15, 0.2) is 11.4 Å². The Hall–Kier alpha value is -2.98. The summed E-state index contributed by atoms with van der Waals surface area (Å²) < 4.78 is 8.94. The number of furan rings is 1. The van der Waals surface area contributed by atoms with E-state index in [1.807, 2.05) is 0 Å². The van der Waals surface area contributed by atoms with Gasteiger partial charge < -0.3 is 14.3 Å². The first-order chi connectivity index (χ1) is 11.9. The van der Waals surface area contributed by atoms with Gasteiger partial charge in [-0.3, -0.25) is 10.1 Å². The van der Waals surface area contributed by atoms with Gasteiger partial charge in [-0.05, 0) is 24.2 Å². The van der Waals surface area contributed by atoms with Gasteiger partial charge in [0, 0.05) is 6.07 Å². The largest absolute Gasteiger partial charge is 0.546 e. The summed E-state index contributed by atoms with van der Waals surface area (Å²) in [5, 5.41) is 16.4. The molecule has 25 heavy (non-hydrogen) atoms. The molecule has 0 saturated carbocycles. The van der Waals surface area contributed by atoms with Crippen LogP contribution in [-0.2, 0) is 4.74 Å². The van der Waals surface area contributed by atoms with E-state index in [2.05, 4.69) is 15.2 Å².